The fraction of sp³-hybridized carbons (Fsp3) is 0.455. The average Bonchev–Trinajstić information content (AvgIpc) is 2.95. The van der Waals surface area contributed by atoms with Gasteiger partial charge >= 0.3 is 0 Å². The molecule has 0 radical (unpaired) electrons. The zero-order chi connectivity index (χ0) is 13.1. The van der Waals surface area contributed by atoms with Crippen molar-refractivity contribution in [3.8, 4) is 5.75 Å². The Balaban J connectivity index is 2.39. The van der Waals surface area contributed by atoms with E-state index in [9.17, 15) is 0 Å². The number of halogens is 1. The van der Waals surface area contributed by atoms with Crippen molar-refractivity contribution in [3.05, 3.63) is 26.6 Å². The lowest BCUT2D eigenvalue weighted by Gasteiger charge is -2.16. The topological polar surface area (TPSA) is 52.0 Å². The van der Waals surface area contributed by atoms with Gasteiger partial charge in [-0.2, -0.15) is 0 Å². The SMILES string of the molecule is CCNC(c1cc(OC)cs1)c1c(Br)nnn1C. The largest absolute Gasteiger partial charge is 0.496 e. The summed E-state index contributed by atoms with van der Waals surface area (Å²) in [6, 6.07) is 2.11. The molecule has 0 amide bonds. The number of ether oxygens (including phenoxy) is 1. The zero-order valence-electron chi connectivity index (χ0n) is 10.5. The molecule has 2 rings (SSSR count). The standard InChI is InChI=1S/C11H15BrN4OS/c1-4-13-9(8-5-7(17-3)6-18-8)10-11(12)14-15-16(10)2/h5-6,9,13H,4H2,1-3H3. The van der Waals surface area contributed by atoms with Crippen LogP contribution >= 0.6 is 27.3 Å². The third-order valence-electron chi connectivity index (χ3n) is 2.62. The van der Waals surface area contributed by atoms with E-state index in [1.807, 2.05) is 18.5 Å². The molecule has 5 nitrogen and oxygen atoms in total. The highest BCUT2D eigenvalue weighted by Crippen LogP contribution is 2.33. The van der Waals surface area contributed by atoms with Gasteiger partial charge in [0.25, 0.3) is 0 Å². The first kappa shape index (κ1) is 13.5. The summed E-state index contributed by atoms with van der Waals surface area (Å²) in [6.45, 7) is 2.94. The molecule has 7 heteroatoms. The minimum absolute atomic E-state index is 0.0678. The highest BCUT2D eigenvalue weighted by molar-refractivity contribution is 9.10. The number of nitrogens with one attached hydrogen (secondary N) is 1. The molecule has 98 valence electrons. The molecular formula is C11H15BrN4OS. The van der Waals surface area contributed by atoms with Crippen LogP contribution in [0.2, 0.25) is 0 Å². The molecule has 0 aliphatic carbocycles. The first-order valence-electron chi connectivity index (χ1n) is 5.58. The van der Waals surface area contributed by atoms with Gasteiger partial charge in [-0.25, -0.2) is 4.68 Å². The van der Waals surface area contributed by atoms with Gasteiger partial charge in [0.1, 0.15) is 5.75 Å². The van der Waals surface area contributed by atoms with Crippen molar-refractivity contribution < 1.29 is 4.74 Å². The second kappa shape index (κ2) is 5.81. The van der Waals surface area contributed by atoms with E-state index in [1.54, 1.807) is 23.1 Å². The first-order chi connectivity index (χ1) is 8.67. The van der Waals surface area contributed by atoms with Crippen LogP contribution in [0.25, 0.3) is 0 Å². The maximum atomic E-state index is 5.23. The van der Waals surface area contributed by atoms with E-state index in [0.717, 1.165) is 22.6 Å². The molecule has 0 aliphatic rings. The minimum Gasteiger partial charge on any atom is -0.496 e. The summed E-state index contributed by atoms with van der Waals surface area (Å²) in [6.07, 6.45) is 0. The number of thiophene rings is 1. The van der Waals surface area contributed by atoms with E-state index in [1.165, 1.54) is 4.88 Å². The Morgan fingerprint density at radius 1 is 1.61 bits per heavy atom. The molecule has 0 spiro atoms. The van der Waals surface area contributed by atoms with Crippen LogP contribution in [0.1, 0.15) is 23.5 Å². The molecule has 1 N–H and O–H groups in total. The van der Waals surface area contributed by atoms with Crippen LogP contribution < -0.4 is 10.1 Å². The molecule has 0 aromatic carbocycles. The number of hydrogen-bond donors (Lipinski definition) is 1. The van der Waals surface area contributed by atoms with Gasteiger partial charge in [-0.15, -0.1) is 16.4 Å². The lowest BCUT2D eigenvalue weighted by molar-refractivity contribution is 0.416. The Bertz CT molecular complexity index is 505. The number of nitrogens with zero attached hydrogens (tertiary/aromatic N) is 3. The molecule has 2 heterocycles. The number of hydrogen-bond acceptors (Lipinski definition) is 5. The molecule has 1 unspecified atom stereocenters. The first-order valence-corrected chi connectivity index (χ1v) is 7.25. The molecule has 0 saturated heterocycles. The highest BCUT2D eigenvalue weighted by Gasteiger charge is 2.22. The quantitative estimate of drug-likeness (QED) is 0.914. The van der Waals surface area contributed by atoms with Crippen molar-refractivity contribution >= 4 is 27.3 Å². The predicted octanol–water partition coefficient (Wildman–Crippen LogP) is 2.35. The molecule has 0 saturated carbocycles. The number of rotatable bonds is 5. The fourth-order valence-electron chi connectivity index (χ4n) is 1.77. The molecule has 0 bridgehead atoms. The van der Waals surface area contributed by atoms with Crippen molar-refractivity contribution in [1.29, 1.82) is 0 Å². The van der Waals surface area contributed by atoms with Crippen LogP contribution in [0.5, 0.6) is 5.75 Å². The maximum Gasteiger partial charge on any atom is 0.153 e. The second-order valence-corrected chi connectivity index (χ2v) is 5.46. The van der Waals surface area contributed by atoms with Gasteiger partial charge in [0.05, 0.1) is 18.8 Å². The van der Waals surface area contributed by atoms with E-state index >= 15 is 0 Å². The van der Waals surface area contributed by atoms with Gasteiger partial charge in [0.15, 0.2) is 4.60 Å². The monoisotopic (exact) mass is 330 g/mol. The third kappa shape index (κ3) is 2.57. The van der Waals surface area contributed by atoms with Crippen LogP contribution in [-0.2, 0) is 7.05 Å². The summed E-state index contributed by atoms with van der Waals surface area (Å²) >= 11 is 5.11. The van der Waals surface area contributed by atoms with E-state index < -0.39 is 0 Å². The van der Waals surface area contributed by atoms with Crippen LogP contribution in [0, 0.1) is 0 Å². The van der Waals surface area contributed by atoms with Gasteiger partial charge < -0.3 is 10.1 Å². The van der Waals surface area contributed by atoms with Crippen molar-refractivity contribution in [2.24, 2.45) is 7.05 Å². The van der Waals surface area contributed by atoms with Gasteiger partial charge in [-0.3, -0.25) is 0 Å². The van der Waals surface area contributed by atoms with Crippen LogP contribution in [0.4, 0.5) is 0 Å². The Hall–Kier alpha value is -0.920. The summed E-state index contributed by atoms with van der Waals surface area (Å²) in [4.78, 5) is 1.18. The summed E-state index contributed by atoms with van der Waals surface area (Å²) in [5, 5.41) is 13.5. The van der Waals surface area contributed by atoms with Crippen LogP contribution in [0.3, 0.4) is 0 Å². The number of aryl methyl sites for hydroxylation is 1. The molecule has 2 aromatic heterocycles. The number of methoxy groups -OCH3 is 1. The summed E-state index contributed by atoms with van der Waals surface area (Å²) in [5.74, 6) is 0.879. The molecule has 0 aliphatic heterocycles. The molecule has 0 fully saturated rings. The smallest absolute Gasteiger partial charge is 0.153 e. The Kier molecular flexibility index (Phi) is 4.36. The van der Waals surface area contributed by atoms with Crippen molar-refractivity contribution in [1.82, 2.24) is 20.3 Å². The maximum absolute atomic E-state index is 5.23. The van der Waals surface area contributed by atoms with Crippen molar-refractivity contribution in [2.75, 3.05) is 13.7 Å². The minimum atomic E-state index is 0.0678. The van der Waals surface area contributed by atoms with E-state index in [2.05, 4.69) is 38.5 Å². The van der Waals surface area contributed by atoms with Gasteiger partial charge in [0, 0.05) is 17.3 Å². The Morgan fingerprint density at radius 3 is 2.89 bits per heavy atom. The second-order valence-electron chi connectivity index (χ2n) is 3.77. The fourth-order valence-corrected chi connectivity index (χ4v) is 3.26. The highest BCUT2D eigenvalue weighted by atomic mass is 79.9. The average molecular weight is 331 g/mol. The summed E-state index contributed by atoms with van der Waals surface area (Å²) < 4.78 is 7.78. The Labute approximate surface area is 118 Å². The Morgan fingerprint density at radius 2 is 2.39 bits per heavy atom. The molecule has 2 aromatic rings. The van der Waals surface area contributed by atoms with Crippen LogP contribution in [0.15, 0.2) is 16.0 Å². The lowest BCUT2D eigenvalue weighted by Crippen LogP contribution is -2.23. The molecule has 1 atom stereocenters. The lowest BCUT2D eigenvalue weighted by atomic mass is 10.2. The number of aromatic nitrogens is 3. The van der Waals surface area contributed by atoms with Crippen molar-refractivity contribution in [2.45, 2.75) is 13.0 Å². The van der Waals surface area contributed by atoms with Gasteiger partial charge in [0.2, 0.25) is 0 Å². The van der Waals surface area contributed by atoms with E-state index in [-0.39, 0.29) is 6.04 Å². The predicted molar refractivity (Wildman–Crippen MR) is 75.1 cm³/mol. The van der Waals surface area contributed by atoms with Gasteiger partial charge in [-0.1, -0.05) is 12.1 Å². The van der Waals surface area contributed by atoms with E-state index in [0.29, 0.717) is 0 Å². The molecule has 18 heavy (non-hydrogen) atoms. The van der Waals surface area contributed by atoms with E-state index in [4.69, 9.17) is 4.74 Å². The summed E-state index contributed by atoms with van der Waals surface area (Å²) in [5.41, 5.74) is 1.02. The van der Waals surface area contributed by atoms with Crippen LogP contribution in [-0.4, -0.2) is 28.6 Å². The normalized spacial score (nSPS) is 12.7. The van der Waals surface area contributed by atoms with Gasteiger partial charge in [-0.05, 0) is 28.5 Å². The molecular weight excluding hydrogens is 316 g/mol. The van der Waals surface area contributed by atoms with Crippen molar-refractivity contribution in [3.63, 3.8) is 0 Å². The zero-order valence-corrected chi connectivity index (χ0v) is 12.9. The summed E-state index contributed by atoms with van der Waals surface area (Å²) in [7, 11) is 3.57. The third-order valence-corrected chi connectivity index (χ3v) is 4.16.